The average Bonchev–Trinajstić information content (AvgIpc) is 3.41. The Morgan fingerprint density at radius 1 is 1.09 bits per heavy atom. The Morgan fingerprint density at radius 2 is 1.84 bits per heavy atom. The number of aliphatic carboxylic acids is 1. The van der Waals surface area contributed by atoms with E-state index < -0.39 is 22.0 Å². The van der Waals surface area contributed by atoms with Crippen molar-refractivity contribution in [3.63, 3.8) is 0 Å². The third-order valence-corrected chi connectivity index (χ3v) is 7.89. The number of carboxylic acid groups (broad SMARTS) is 1. The van der Waals surface area contributed by atoms with E-state index in [2.05, 4.69) is 21.5 Å². The van der Waals surface area contributed by atoms with Crippen molar-refractivity contribution in [1.29, 1.82) is 0 Å². The number of hydrogen-bond donors (Lipinski definition) is 3. The van der Waals surface area contributed by atoms with Gasteiger partial charge in [0.05, 0.1) is 4.88 Å². The lowest BCUT2D eigenvalue weighted by Gasteiger charge is -2.13. The predicted molar refractivity (Wildman–Crippen MR) is 125 cm³/mol. The van der Waals surface area contributed by atoms with Crippen LogP contribution in [0.3, 0.4) is 0 Å². The Morgan fingerprint density at radius 3 is 2.59 bits per heavy atom. The van der Waals surface area contributed by atoms with Crippen LogP contribution in [0.5, 0.6) is 0 Å². The van der Waals surface area contributed by atoms with Crippen LogP contribution in [-0.2, 0) is 21.2 Å². The minimum atomic E-state index is -4.02. The monoisotopic (exact) mass is 464 g/mol. The van der Waals surface area contributed by atoms with Crippen LogP contribution >= 0.6 is 11.3 Å². The second kappa shape index (κ2) is 9.01. The lowest BCUT2D eigenvalue weighted by Crippen LogP contribution is -2.41. The molecule has 0 spiro atoms. The normalized spacial score (nSPS) is 12.3. The maximum Gasteiger partial charge on any atom is 0.322 e. The molecule has 2 aromatic heterocycles. The first kappa shape index (κ1) is 21.8. The number of carboxylic acids is 1. The van der Waals surface area contributed by atoms with Gasteiger partial charge in [0.2, 0.25) is 0 Å². The van der Waals surface area contributed by atoms with Gasteiger partial charge in [-0.2, -0.15) is 4.72 Å². The molecule has 3 N–H and O–H groups in total. The number of nitrogens with one attached hydrogen (secondary N) is 2. The van der Waals surface area contributed by atoms with Gasteiger partial charge in [-0.3, -0.25) is 4.79 Å². The molecular weight excluding hydrogens is 444 g/mol. The van der Waals surface area contributed by atoms with Gasteiger partial charge in [0.25, 0.3) is 10.0 Å². The van der Waals surface area contributed by atoms with E-state index in [4.69, 9.17) is 0 Å². The fourth-order valence-electron chi connectivity index (χ4n) is 3.25. The topological polar surface area (TPSA) is 99.3 Å². The van der Waals surface area contributed by atoms with Crippen LogP contribution in [0.25, 0.3) is 10.9 Å². The third-order valence-electron chi connectivity index (χ3n) is 4.92. The Bertz CT molecular complexity index is 1440. The molecule has 0 radical (unpaired) electrons. The minimum absolute atomic E-state index is 0.0179. The molecule has 4 rings (SSSR count). The van der Waals surface area contributed by atoms with E-state index in [1.54, 1.807) is 12.3 Å². The summed E-state index contributed by atoms with van der Waals surface area (Å²) in [5, 5.41) is 10.5. The second-order valence-electron chi connectivity index (χ2n) is 7.31. The highest BCUT2D eigenvalue weighted by atomic mass is 32.2. The number of sulfonamides is 1. The van der Waals surface area contributed by atoms with Crippen molar-refractivity contribution < 1.29 is 18.3 Å². The number of thiophene rings is 1. The van der Waals surface area contributed by atoms with Crippen molar-refractivity contribution in [3.8, 4) is 11.8 Å². The van der Waals surface area contributed by atoms with Crippen LogP contribution in [0, 0.1) is 18.8 Å². The Kier molecular flexibility index (Phi) is 6.15. The first-order valence-electron chi connectivity index (χ1n) is 9.80. The van der Waals surface area contributed by atoms with Crippen molar-refractivity contribution in [3.05, 3.63) is 88.4 Å². The SMILES string of the molecule is Cc1ccc(C#Cc2ccc(S(=O)(=O)NC(Cc3c[nH]c4ccccc34)C(=O)O)s2)cc1. The maximum atomic E-state index is 12.8. The summed E-state index contributed by atoms with van der Waals surface area (Å²) in [5.74, 6) is 4.73. The summed E-state index contributed by atoms with van der Waals surface area (Å²) in [6.07, 6.45) is 1.73. The standard InChI is InChI=1S/C24H20N2O4S2/c1-16-6-8-17(9-7-16)10-11-19-12-13-23(31-19)32(29,30)26-22(24(27)28)14-18-15-25-21-5-3-2-4-20(18)21/h2-9,12-13,15,22,25-26H,14H2,1H3,(H,27,28). The molecule has 0 saturated heterocycles. The molecule has 6 nitrogen and oxygen atoms in total. The number of aromatic amines is 1. The molecule has 0 aliphatic heterocycles. The summed E-state index contributed by atoms with van der Waals surface area (Å²) in [7, 11) is -4.02. The van der Waals surface area contributed by atoms with Gasteiger partial charge < -0.3 is 10.1 Å². The molecule has 0 aliphatic carbocycles. The van der Waals surface area contributed by atoms with Crippen molar-refractivity contribution in [2.75, 3.05) is 0 Å². The van der Waals surface area contributed by atoms with E-state index in [0.29, 0.717) is 4.88 Å². The molecule has 2 aromatic carbocycles. The number of H-pyrrole nitrogens is 1. The first-order valence-corrected chi connectivity index (χ1v) is 12.1. The largest absolute Gasteiger partial charge is 0.480 e. The van der Waals surface area contributed by atoms with Crippen LogP contribution in [0.4, 0.5) is 0 Å². The van der Waals surface area contributed by atoms with Gasteiger partial charge in [0.1, 0.15) is 10.3 Å². The van der Waals surface area contributed by atoms with Crippen LogP contribution < -0.4 is 4.72 Å². The van der Waals surface area contributed by atoms with Gasteiger partial charge >= 0.3 is 5.97 Å². The van der Waals surface area contributed by atoms with Gasteiger partial charge in [-0.15, -0.1) is 11.3 Å². The van der Waals surface area contributed by atoms with Crippen molar-refractivity contribution in [2.24, 2.45) is 0 Å². The van der Waals surface area contributed by atoms with Crippen LogP contribution in [-0.4, -0.2) is 30.5 Å². The van der Waals surface area contributed by atoms with Gasteiger partial charge in [-0.05, 0) is 42.8 Å². The Balaban J connectivity index is 1.52. The smallest absolute Gasteiger partial charge is 0.322 e. The number of carbonyl (C=O) groups is 1. The first-order chi connectivity index (χ1) is 15.3. The Hall–Kier alpha value is -3.38. The van der Waals surface area contributed by atoms with Gasteiger partial charge in [0.15, 0.2) is 0 Å². The number of para-hydroxylation sites is 1. The number of hydrogen-bond acceptors (Lipinski definition) is 4. The summed E-state index contributed by atoms with van der Waals surface area (Å²) in [6, 6.07) is 16.9. The van der Waals surface area contributed by atoms with Crippen molar-refractivity contribution in [1.82, 2.24) is 9.71 Å². The zero-order chi connectivity index (χ0) is 22.7. The zero-order valence-electron chi connectivity index (χ0n) is 17.1. The average molecular weight is 465 g/mol. The summed E-state index contributed by atoms with van der Waals surface area (Å²) < 4.78 is 28.0. The van der Waals surface area contributed by atoms with Crippen LogP contribution in [0.1, 0.15) is 21.6 Å². The quantitative estimate of drug-likeness (QED) is 0.377. The summed E-state index contributed by atoms with van der Waals surface area (Å²) >= 11 is 1.00. The molecule has 32 heavy (non-hydrogen) atoms. The lowest BCUT2D eigenvalue weighted by molar-refractivity contribution is -0.138. The zero-order valence-corrected chi connectivity index (χ0v) is 18.8. The van der Waals surface area contributed by atoms with Crippen LogP contribution in [0.2, 0.25) is 0 Å². The van der Waals surface area contributed by atoms with Crippen LogP contribution in [0.15, 0.2) is 71.1 Å². The van der Waals surface area contributed by atoms with Gasteiger partial charge in [0, 0.05) is 29.1 Å². The number of benzene rings is 2. The molecule has 4 aromatic rings. The fourth-order valence-corrected chi connectivity index (χ4v) is 5.61. The number of fused-ring (bicyclic) bond motifs is 1. The highest BCUT2D eigenvalue weighted by Gasteiger charge is 2.27. The highest BCUT2D eigenvalue weighted by Crippen LogP contribution is 2.23. The summed E-state index contributed by atoms with van der Waals surface area (Å²) in [5.41, 5.74) is 3.55. The molecule has 1 unspecified atom stereocenters. The fraction of sp³-hybridized carbons (Fsp3) is 0.125. The molecular formula is C24H20N2O4S2. The number of aryl methyl sites for hydroxylation is 1. The molecule has 0 saturated carbocycles. The highest BCUT2D eigenvalue weighted by molar-refractivity contribution is 7.91. The predicted octanol–water partition coefficient (Wildman–Crippen LogP) is 3.91. The summed E-state index contributed by atoms with van der Waals surface area (Å²) in [4.78, 5) is 15.5. The van der Waals surface area contributed by atoms with Crippen molar-refractivity contribution in [2.45, 2.75) is 23.6 Å². The lowest BCUT2D eigenvalue weighted by atomic mass is 10.1. The van der Waals surface area contributed by atoms with E-state index in [0.717, 1.165) is 38.9 Å². The van der Waals surface area contributed by atoms with E-state index in [-0.39, 0.29) is 10.6 Å². The summed E-state index contributed by atoms with van der Waals surface area (Å²) in [6.45, 7) is 1.99. The van der Waals surface area contributed by atoms with E-state index in [1.165, 1.54) is 6.07 Å². The molecule has 0 fully saturated rings. The molecule has 0 amide bonds. The van der Waals surface area contributed by atoms with Gasteiger partial charge in [-0.25, -0.2) is 8.42 Å². The Labute approximate surface area is 190 Å². The second-order valence-corrected chi connectivity index (χ2v) is 10.3. The molecule has 0 aliphatic rings. The van der Waals surface area contributed by atoms with E-state index >= 15 is 0 Å². The molecule has 162 valence electrons. The molecule has 1 atom stereocenters. The van der Waals surface area contributed by atoms with E-state index in [1.807, 2.05) is 55.5 Å². The van der Waals surface area contributed by atoms with E-state index in [9.17, 15) is 18.3 Å². The molecule has 0 bridgehead atoms. The molecule has 2 heterocycles. The minimum Gasteiger partial charge on any atom is -0.480 e. The maximum absolute atomic E-state index is 12.8. The third kappa shape index (κ3) is 4.92. The molecule has 8 heteroatoms. The van der Waals surface area contributed by atoms with Gasteiger partial charge in [-0.1, -0.05) is 47.7 Å². The van der Waals surface area contributed by atoms with Crippen molar-refractivity contribution >= 4 is 38.2 Å². The number of aromatic nitrogens is 1. The number of rotatable bonds is 6.